The normalized spacial score (nSPS) is 11.3. The molecule has 0 nitrogen and oxygen atoms in total. The fraction of sp³-hybridized carbons (Fsp3) is 0.0833. The van der Waals surface area contributed by atoms with E-state index in [1.807, 2.05) is 0 Å². The van der Waals surface area contributed by atoms with Crippen molar-refractivity contribution >= 4 is 53.8 Å². The first-order chi connectivity index (χ1) is 7.27. The molecular weight excluding hydrogens is 240 g/mol. The molecule has 0 saturated heterocycles. The van der Waals surface area contributed by atoms with E-state index < -0.39 is 0 Å². The summed E-state index contributed by atoms with van der Waals surface area (Å²) in [5.74, 6) is 0. The molecule has 0 saturated carbocycles. The molecule has 0 atom stereocenters. The Kier molecular flexibility index (Phi) is 2.12. The molecule has 0 spiro atoms. The molecule has 3 rings (SSSR count). The van der Waals surface area contributed by atoms with E-state index in [0.717, 1.165) is 3.82 Å². The summed E-state index contributed by atoms with van der Waals surface area (Å²) in [7, 11) is 3.49. The van der Waals surface area contributed by atoms with Gasteiger partial charge < -0.3 is 0 Å². The summed E-state index contributed by atoms with van der Waals surface area (Å²) in [5.41, 5.74) is 1.31. The fourth-order valence-corrected chi connectivity index (χ4v) is 4.71. The maximum absolute atomic E-state index is 5.34. The number of rotatable bonds is 0. The van der Waals surface area contributed by atoms with Gasteiger partial charge in [-0.15, -0.1) is 0 Å². The first-order valence-corrected chi connectivity index (χ1v) is 7.24. The lowest BCUT2D eigenvalue weighted by atomic mass is 10.0. The maximum Gasteiger partial charge on any atom is 0.109 e. The Balaban J connectivity index is 2.71. The highest BCUT2D eigenvalue weighted by Gasteiger charge is 2.06. The van der Waals surface area contributed by atoms with Gasteiger partial charge in [-0.1, -0.05) is 57.2 Å². The highest BCUT2D eigenvalue weighted by Crippen LogP contribution is 2.35. The third-order valence-electron chi connectivity index (χ3n) is 2.62. The van der Waals surface area contributed by atoms with Crippen LogP contribution >= 0.6 is 32.9 Å². The zero-order valence-corrected chi connectivity index (χ0v) is 10.6. The van der Waals surface area contributed by atoms with Gasteiger partial charge in [-0.3, -0.25) is 0 Å². The van der Waals surface area contributed by atoms with Gasteiger partial charge in [-0.2, -0.15) is 0 Å². The summed E-state index contributed by atoms with van der Waals surface area (Å²) in [6, 6.07) is 10.8. The summed E-state index contributed by atoms with van der Waals surface area (Å²) < 4.78 is 2.36. The van der Waals surface area contributed by atoms with E-state index >= 15 is 0 Å². The molecule has 0 amide bonds. The maximum atomic E-state index is 5.34. The van der Waals surface area contributed by atoms with Crippen LogP contribution in [0.3, 0.4) is 0 Å². The van der Waals surface area contributed by atoms with Crippen molar-refractivity contribution in [3.63, 3.8) is 0 Å². The van der Waals surface area contributed by atoms with Gasteiger partial charge in [0.15, 0.2) is 0 Å². The Morgan fingerprint density at radius 1 is 1.00 bits per heavy atom. The molecule has 0 bridgehead atoms. The standard InChI is InChI=1S/C12H8S3/c1-7-6-10-11(14-15-12(10)13)9-5-3-2-4-8(7)9/h2-6H,1H3. The van der Waals surface area contributed by atoms with E-state index in [9.17, 15) is 0 Å². The van der Waals surface area contributed by atoms with Crippen molar-refractivity contribution in [2.24, 2.45) is 0 Å². The zero-order chi connectivity index (χ0) is 10.4. The van der Waals surface area contributed by atoms with Crippen molar-refractivity contribution in [2.45, 2.75) is 6.92 Å². The Morgan fingerprint density at radius 3 is 2.53 bits per heavy atom. The quantitative estimate of drug-likeness (QED) is 0.391. The molecule has 15 heavy (non-hydrogen) atoms. The van der Waals surface area contributed by atoms with Crippen LogP contribution in [-0.2, 0) is 0 Å². The number of hydrogen-bond acceptors (Lipinski definition) is 3. The summed E-state index contributed by atoms with van der Waals surface area (Å²) in [4.78, 5) is 0. The van der Waals surface area contributed by atoms with E-state index in [2.05, 4.69) is 37.3 Å². The van der Waals surface area contributed by atoms with Crippen LogP contribution in [-0.4, -0.2) is 0 Å². The van der Waals surface area contributed by atoms with Crippen molar-refractivity contribution in [2.75, 3.05) is 0 Å². The van der Waals surface area contributed by atoms with Gasteiger partial charge in [0, 0.05) is 10.8 Å². The third-order valence-corrected chi connectivity index (χ3v) is 5.72. The molecule has 3 aromatic rings. The first-order valence-electron chi connectivity index (χ1n) is 4.68. The largest absolute Gasteiger partial charge is 0.109 e. The number of hydrogen-bond donors (Lipinski definition) is 0. The molecule has 0 radical (unpaired) electrons. The van der Waals surface area contributed by atoms with Crippen molar-refractivity contribution < 1.29 is 0 Å². The predicted molar refractivity (Wildman–Crippen MR) is 72.8 cm³/mol. The van der Waals surface area contributed by atoms with Crippen molar-refractivity contribution in [1.29, 1.82) is 0 Å². The second kappa shape index (κ2) is 3.37. The zero-order valence-electron chi connectivity index (χ0n) is 8.11. The lowest BCUT2D eigenvalue weighted by molar-refractivity contribution is 1.56. The third kappa shape index (κ3) is 1.34. The van der Waals surface area contributed by atoms with Crippen LogP contribution < -0.4 is 0 Å². The molecule has 74 valence electrons. The lowest BCUT2D eigenvalue weighted by Crippen LogP contribution is -1.78. The highest BCUT2D eigenvalue weighted by atomic mass is 32.9. The first kappa shape index (κ1) is 9.46. The monoisotopic (exact) mass is 248 g/mol. The molecule has 2 aromatic carbocycles. The van der Waals surface area contributed by atoms with E-state index in [4.69, 9.17) is 12.2 Å². The molecule has 0 aliphatic rings. The molecule has 0 fully saturated rings. The Hall–Kier alpha value is -0.770. The minimum Gasteiger partial charge on any atom is -0.0779 e. The van der Waals surface area contributed by atoms with Crippen LogP contribution in [0.25, 0.3) is 20.9 Å². The number of aryl methyl sites for hydroxylation is 1. The lowest BCUT2D eigenvalue weighted by Gasteiger charge is -2.02. The molecule has 0 aliphatic heterocycles. The molecule has 1 aromatic heterocycles. The highest BCUT2D eigenvalue weighted by molar-refractivity contribution is 7.81. The Morgan fingerprint density at radius 2 is 1.73 bits per heavy atom. The minimum absolute atomic E-state index is 1.02. The van der Waals surface area contributed by atoms with Crippen LogP contribution in [0.15, 0.2) is 30.3 Å². The Labute approximate surface area is 100 Å². The molecule has 0 unspecified atom stereocenters. The summed E-state index contributed by atoms with van der Waals surface area (Å²) in [6.07, 6.45) is 0. The fourth-order valence-electron chi connectivity index (χ4n) is 1.90. The van der Waals surface area contributed by atoms with Crippen LogP contribution in [0.1, 0.15) is 5.56 Å². The summed E-state index contributed by atoms with van der Waals surface area (Å²) >= 11 is 5.34. The van der Waals surface area contributed by atoms with Gasteiger partial charge in [-0.05, 0) is 23.9 Å². The summed E-state index contributed by atoms with van der Waals surface area (Å²) in [5, 5.41) is 3.93. The van der Waals surface area contributed by atoms with E-state index in [1.165, 1.54) is 26.4 Å². The second-order valence-corrected chi connectivity index (χ2v) is 6.39. The van der Waals surface area contributed by atoms with E-state index in [1.54, 1.807) is 20.7 Å². The predicted octanol–water partition coefficient (Wildman–Crippen LogP) is 5.15. The van der Waals surface area contributed by atoms with Gasteiger partial charge in [0.25, 0.3) is 0 Å². The van der Waals surface area contributed by atoms with Crippen molar-refractivity contribution in [1.82, 2.24) is 0 Å². The van der Waals surface area contributed by atoms with E-state index in [0.29, 0.717) is 0 Å². The van der Waals surface area contributed by atoms with Crippen molar-refractivity contribution in [3.05, 3.63) is 39.7 Å². The second-order valence-electron chi connectivity index (χ2n) is 3.57. The van der Waals surface area contributed by atoms with Gasteiger partial charge in [0.1, 0.15) is 3.82 Å². The van der Waals surface area contributed by atoms with Gasteiger partial charge in [-0.25, -0.2) is 0 Å². The average Bonchev–Trinajstić information content (AvgIpc) is 2.62. The van der Waals surface area contributed by atoms with Gasteiger partial charge in [0.05, 0.1) is 4.70 Å². The molecular formula is C12H8S3. The number of fused-ring (bicyclic) bond motifs is 3. The summed E-state index contributed by atoms with van der Waals surface area (Å²) in [6.45, 7) is 2.15. The van der Waals surface area contributed by atoms with E-state index in [-0.39, 0.29) is 0 Å². The van der Waals surface area contributed by atoms with Crippen molar-refractivity contribution in [3.8, 4) is 0 Å². The molecule has 0 N–H and O–H groups in total. The average molecular weight is 248 g/mol. The smallest absolute Gasteiger partial charge is 0.0779 e. The van der Waals surface area contributed by atoms with Gasteiger partial charge in [0.2, 0.25) is 0 Å². The molecule has 3 heteroatoms. The van der Waals surface area contributed by atoms with Crippen LogP contribution in [0, 0.1) is 10.7 Å². The van der Waals surface area contributed by atoms with Crippen LogP contribution in [0.5, 0.6) is 0 Å². The SMILES string of the molecule is Cc1cc2c(=S)ssc2c2ccccc12. The number of benzene rings is 2. The van der Waals surface area contributed by atoms with Gasteiger partial charge >= 0.3 is 0 Å². The molecule has 1 heterocycles. The minimum atomic E-state index is 1.02. The Bertz CT molecular complexity index is 704. The van der Waals surface area contributed by atoms with Crippen LogP contribution in [0.4, 0.5) is 0 Å². The van der Waals surface area contributed by atoms with Crippen LogP contribution in [0.2, 0.25) is 0 Å². The molecule has 0 aliphatic carbocycles. The topological polar surface area (TPSA) is 0 Å².